The Balaban J connectivity index is 2.67. The molecule has 0 aliphatic rings. The summed E-state index contributed by atoms with van der Waals surface area (Å²) in [6, 6.07) is 0. The summed E-state index contributed by atoms with van der Waals surface area (Å²) >= 11 is 0. The minimum Gasteiger partial charge on any atom is -0.480 e. The van der Waals surface area contributed by atoms with Gasteiger partial charge in [0.25, 0.3) is 0 Å². The van der Waals surface area contributed by atoms with Crippen LogP contribution in [0, 0.1) is 0 Å². The molecule has 0 spiro atoms. The topological polar surface area (TPSA) is 120 Å². The van der Waals surface area contributed by atoms with E-state index in [0.29, 0.717) is 13.2 Å². The number of ether oxygens (including phenoxy) is 2. The highest BCUT2D eigenvalue weighted by Crippen LogP contribution is 2.07. The molecule has 10 heteroatoms. The van der Waals surface area contributed by atoms with Crippen molar-refractivity contribution in [3.05, 3.63) is 12.4 Å². The quantitative estimate of drug-likeness (QED) is 0.565. The Hall–Kier alpha value is -1.49. The largest absolute Gasteiger partial charge is 0.480 e. The van der Waals surface area contributed by atoms with Gasteiger partial charge in [0.15, 0.2) is 6.29 Å². The Bertz CT molecular complexity index is 550. The molecule has 0 saturated carbocycles. The van der Waals surface area contributed by atoms with E-state index in [9.17, 15) is 13.2 Å². The third kappa shape index (κ3) is 5.79. The van der Waals surface area contributed by atoms with Gasteiger partial charge in [0.05, 0.1) is 12.7 Å². The van der Waals surface area contributed by atoms with Gasteiger partial charge in [-0.2, -0.15) is 5.10 Å². The van der Waals surface area contributed by atoms with Crippen LogP contribution in [0.3, 0.4) is 0 Å². The molecule has 120 valence electrons. The molecule has 21 heavy (non-hydrogen) atoms. The molecule has 0 atom stereocenters. The molecule has 1 aromatic rings. The van der Waals surface area contributed by atoms with E-state index in [1.807, 2.05) is 0 Å². The van der Waals surface area contributed by atoms with E-state index < -0.39 is 28.8 Å². The molecule has 1 rings (SSSR count). The normalized spacial score (nSPS) is 12.0. The number of carbonyl (C=O) groups is 1. The second-order valence-electron chi connectivity index (χ2n) is 3.96. The van der Waals surface area contributed by atoms with Gasteiger partial charge in [0, 0.05) is 19.4 Å². The molecule has 0 bridgehead atoms. The fourth-order valence-electron chi connectivity index (χ4n) is 1.51. The Morgan fingerprint density at radius 3 is 2.57 bits per heavy atom. The summed E-state index contributed by atoms with van der Waals surface area (Å²) in [7, 11) is -3.79. The average Bonchev–Trinajstić information content (AvgIpc) is 2.85. The number of rotatable bonds is 10. The third-order valence-electron chi connectivity index (χ3n) is 2.36. The van der Waals surface area contributed by atoms with Gasteiger partial charge in [-0.05, 0) is 13.8 Å². The van der Waals surface area contributed by atoms with E-state index in [1.165, 1.54) is 0 Å². The average molecular weight is 321 g/mol. The Morgan fingerprint density at radius 2 is 2.05 bits per heavy atom. The highest BCUT2D eigenvalue weighted by atomic mass is 32.2. The van der Waals surface area contributed by atoms with E-state index in [2.05, 4.69) is 9.82 Å². The van der Waals surface area contributed by atoms with E-state index in [-0.39, 0.29) is 11.4 Å². The first-order valence-electron chi connectivity index (χ1n) is 6.36. The van der Waals surface area contributed by atoms with Crippen LogP contribution in [0.2, 0.25) is 0 Å². The zero-order valence-electron chi connectivity index (χ0n) is 11.9. The lowest BCUT2D eigenvalue weighted by Gasteiger charge is -2.17. The van der Waals surface area contributed by atoms with Gasteiger partial charge >= 0.3 is 5.97 Å². The van der Waals surface area contributed by atoms with E-state index >= 15 is 0 Å². The Labute approximate surface area is 122 Å². The van der Waals surface area contributed by atoms with Crippen LogP contribution in [0.5, 0.6) is 0 Å². The number of aliphatic carboxylic acids is 1. The van der Waals surface area contributed by atoms with Crippen molar-refractivity contribution in [1.82, 2.24) is 14.5 Å². The van der Waals surface area contributed by atoms with Crippen molar-refractivity contribution < 1.29 is 27.8 Å². The lowest BCUT2D eigenvalue weighted by Crippen LogP contribution is -2.35. The van der Waals surface area contributed by atoms with Crippen LogP contribution in [-0.2, 0) is 30.8 Å². The van der Waals surface area contributed by atoms with Crippen molar-refractivity contribution in [2.75, 3.05) is 19.8 Å². The van der Waals surface area contributed by atoms with Crippen LogP contribution in [0.1, 0.15) is 13.8 Å². The number of aromatic nitrogens is 2. The zero-order chi connectivity index (χ0) is 15.9. The van der Waals surface area contributed by atoms with Crippen LogP contribution < -0.4 is 4.72 Å². The monoisotopic (exact) mass is 321 g/mol. The fraction of sp³-hybridized carbons (Fsp3) is 0.636. The van der Waals surface area contributed by atoms with Gasteiger partial charge in [-0.1, -0.05) is 0 Å². The third-order valence-corrected chi connectivity index (χ3v) is 3.74. The summed E-state index contributed by atoms with van der Waals surface area (Å²) in [5.41, 5.74) is 0. The summed E-state index contributed by atoms with van der Waals surface area (Å²) in [5.74, 6) is -1.11. The maximum absolute atomic E-state index is 12.0. The molecule has 1 heterocycles. The summed E-state index contributed by atoms with van der Waals surface area (Å²) in [6.45, 7) is 3.88. The SMILES string of the molecule is CCOC(CNS(=O)(=O)c1cnn(CC(=O)O)c1)OCC. The molecule has 0 aliphatic heterocycles. The van der Waals surface area contributed by atoms with Gasteiger partial charge in [-0.3, -0.25) is 9.48 Å². The minimum absolute atomic E-state index is 0.0475. The number of hydrogen-bond donors (Lipinski definition) is 2. The first-order chi connectivity index (χ1) is 9.89. The molecule has 9 nitrogen and oxygen atoms in total. The molecular weight excluding hydrogens is 302 g/mol. The highest BCUT2D eigenvalue weighted by Gasteiger charge is 2.19. The predicted molar refractivity (Wildman–Crippen MR) is 72.1 cm³/mol. The zero-order valence-corrected chi connectivity index (χ0v) is 12.7. The molecular formula is C11H19N3O6S. The molecule has 0 unspecified atom stereocenters. The standard InChI is InChI=1S/C11H19N3O6S/c1-3-19-11(20-4-2)6-13-21(17,18)9-5-12-14(7-9)8-10(15)16/h5,7,11,13H,3-4,6,8H2,1-2H3,(H,15,16). The Kier molecular flexibility index (Phi) is 6.75. The number of carboxylic acids is 1. The fourth-order valence-corrected chi connectivity index (χ4v) is 2.48. The lowest BCUT2D eigenvalue weighted by molar-refractivity contribution is -0.137. The van der Waals surface area contributed by atoms with Crippen molar-refractivity contribution in [2.24, 2.45) is 0 Å². The van der Waals surface area contributed by atoms with Crippen LogP contribution in [-0.4, -0.2) is 55.3 Å². The van der Waals surface area contributed by atoms with Crippen molar-refractivity contribution in [2.45, 2.75) is 31.6 Å². The maximum Gasteiger partial charge on any atom is 0.325 e. The first-order valence-corrected chi connectivity index (χ1v) is 7.84. The second-order valence-corrected chi connectivity index (χ2v) is 5.73. The number of nitrogens with one attached hydrogen (secondary N) is 1. The van der Waals surface area contributed by atoms with Crippen LogP contribution in [0.4, 0.5) is 0 Å². The molecule has 0 fully saturated rings. The number of nitrogens with zero attached hydrogens (tertiary/aromatic N) is 2. The molecule has 0 aromatic carbocycles. The summed E-state index contributed by atoms with van der Waals surface area (Å²) in [4.78, 5) is 10.4. The van der Waals surface area contributed by atoms with E-state index in [1.54, 1.807) is 13.8 Å². The van der Waals surface area contributed by atoms with Crippen LogP contribution >= 0.6 is 0 Å². The van der Waals surface area contributed by atoms with Crippen molar-refractivity contribution >= 4 is 16.0 Å². The summed E-state index contributed by atoms with van der Waals surface area (Å²) < 4.78 is 37.9. The van der Waals surface area contributed by atoms with Crippen molar-refractivity contribution in [3.8, 4) is 0 Å². The van der Waals surface area contributed by atoms with Crippen molar-refractivity contribution in [3.63, 3.8) is 0 Å². The number of sulfonamides is 1. The Morgan fingerprint density at radius 1 is 1.43 bits per heavy atom. The van der Waals surface area contributed by atoms with Gasteiger partial charge in [-0.25, -0.2) is 13.1 Å². The second kappa shape index (κ2) is 8.08. The number of hydrogen-bond acceptors (Lipinski definition) is 6. The molecule has 0 aliphatic carbocycles. The maximum atomic E-state index is 12.0. The van der Waals surface area contributed by atoms with E-state index in [4.69, 9.17) is 14.6 Å². The smallest absolute Gasteiger partial charge is 0.325 e. The lowest BCUT2D eigenvalue weighted by atomic mass is 10.6. The molecule has 2 N–H and O–H groups in total. The van der Waals surface area contributed by atoms with Crippen LogP contribution in [0.15, 0.2) is 17.3 Å². The number of carboxylic acid groups (broad SMARTS) is 1. The molecule has 0 saturated heterocycles. The molecule has 1 aromatic heterocycles. The summed E-state index contributed by atoms with van der Waals surface area (Å²) in [6.07, 6.45) is 1.55. The minimum atomic E-state index is -3.79. The van der Waals surface area contributed by atoms with E-state index in [0.717, 1.165) is 17.1 Å². The molecule has 0 amide bonds. The summed E-state index contributed by atoms with van der Waals surface area (Å²) in [5, 5.41) is 12.3. The van der Waals surface area contributed by atoms with Gasteiger partial charge in [-0.15, -0.1) is 0 Å². The highest BCUT2D eigenvalue weighted by molar-refractivity contribution is 7.89. The van der Waals surface area contributed by atoms with Gasteiger partial charge < -0.3 is 14.6 Å². The molecule has 0 radical (unpaired) electrons. The van der Waals surface area contributed by atoms with Gasteiger partial charge in [0.2, 0.25) is 10.0 Å². The first kappa shape index (κ1) is 17.6. The predicted octanol–water partition coefficient (Wildman–Crippen LogP) is -0.355. The van der Waals surface area contributed by atoms with Crippen LogP contribution in [0.25, 0.3) is 0 Å². The van der Waals surface area contributed by atoms with Crippen molar-refractivity contribution in [1.29, 1.82) is 0 Å². The van der Waals surface area contributed by atoms with Gasteiger partial charge in [0.1, 0.15) is 11.4 Å².